The fraction of sp³-hybridized carbons (Fsp3) is 0.409. The van der Waals surface area contributed by atoms with Crippen molar-refractivity contribution >= 4 is 11.7 Å². The highest BCUT2D eigenvalue weighted by Crippen LogP contribution is 2.18. The van der Waals surface area contributed by atoms with Crippen LogP contribution in [-0.2, 0) is 11.3 Å². The molecule has 1 aliphatic rings. The van der Waals surface area contributed by atoms with Crippen molar-refractivity contribution in [2.45, 2.75) is 33.7 Å². The first-order valence-electron chi connectivity index (χ1n) is 9.49. The van der Waals surface area contributed by atoms with E-state index in [1.54, 1.807) is 11.1 Å². The zero-order valence-corrected chi connectivity index (χ0v) is 16.4. The topological polar surface area (TPSA) is 53.5 Å². The highest BCUT2D eigenvalue weighted by molar-refractivity contribution is 6.43. The van der Waals surface area contributed by atoms with Crippen molar-refractivity contribution < 1.29 is 9.59 Å². The number of Topliss-reactive ketones (excluding diaryl/α,β-unsaturated/α-hetero) is 1. The maximum absolute atomic E-state index is 12.9. The van der Waals surface area contributed by atoms with Gasteiger partial charge < -0.3 is 4.90 Å². The summed E-state index contributed by atoms with van der Waals surface area (Å²) in [7, 11) is 0. The van der Waals surface area contributed by atoms with Crippen LogP contribution in [0.25, 0.3) is 0 Å². The second-order valence-corrected chi connectivity index (χ2v) is 7.35. The molecule has 27 heavy (non-hydrogen) atoms. The van der Waals surface area contributed by atoms with E-state index in [0.29, 0.717) is 18.7 Å². The van der Waals surface area contributed by atoms with Gasteiger partial charge in [0.1, 0.15) is 0 Å². The van der Waals surface area contributed by atoms with Gasteiger partial charge in [0.05, 0.1) is 5.69 Å². The number of rotatable bonds is 4. The number of nitrogens with zero attached hydrogens (tertiary/aromatic N) is 3. The van der Waals surface area contributed by atoms with Crippen molar-refractivity contribution in [1.82, 2.24) is 14.8 Å². The third-order valence-electron chi connectivity index (χ3n) is 5.09. The highest BCUT2D eigenvalue weighted by Gasteiger charge is 2.27. The number of aromatic nitrogens is 1. The first-order chi connectivity index (χ1) is 13.0. The lowest BCUT2D eigenvalue weighted by Crippen LogP contribution is -2.39. The number of amides is 1. The predicted molar refractivity (Wildman–Crippen MR) is 106 cm³/mol. The molecule has 142 valence electrons. The molecule has 0 saturated carbocycles. The van der Waals surface area contributed by atoms with Gasteiger partial charge in [0.25, 0.3) is 11.7 Å². The molecule has 1 amide bonds. The molecule has 2 heterocycles. The van der Waals surface area contributed by atoms with Gasteiger partial charge in [-0.1, -0.05) is 23.8 Å². The smallest absolute Gasteiger partial charge is 0.295 e. The lowest BCUT2D eigenvalue weighted by molar-refractivity contribution is -0.126. The van der Waals surface area contributed by atoms with Crippen molar-refractivity contribution in [2.24, 2.45) is 0 Å². The van der Waals surface area contributed by atoms with Gasteiger partial charge in [0.15, 0.2) is 0 Å². The van der Waals surface area contributed by atoms with Gasteiger partial charge in [0, 0.05) is 44.5 Å². The van der Waals surface area contributed by atoms with Crippen LogP contribution in [0.15, 0.2) is 36.5 Å². The van der Waals surface area contributed by atoms with E-state index >= 15 is 0 Å². The van der Waals surface area contributed by atoms with Crippen LogP contribution < -0.4 is 0 Å². The third-order valence-corrected chi connectivity index (χ3v) is 5.09. The van der Waals surface area contributed by atoms with E-state index < -0.39 is 0 Å². The molecule has 2 aromatic rings. The van der Waals surface area contributed by atoms with E-state index in [1.807, 2.05) is 51.1 Å². The molecule has 3 rings (SSSR count). The molecule has 0 atom stereocenters. The quantitative estimate of drug-likeness (QED) is 0.617. The van der Waals surface area contributed by atoms with Crippen LogP contribution in [0.4, 0.5) is 0 Å². The lowest BCUT2D eigenvalue weighted by Gasteiger charge is -2.22. The molecule has 1 aromatic heterocycles. The normalized spacial score (nSPS) is 15.4. The summed E-state index contributed by atoms with van der Waals surface area (Å²) in [6, 6.07) is 9.84. The van der Waals surface area contributed by atoms with Crippen LogP contribution in [0.3, 0.4) is 0 Å². The SMILES string of the molecule is Cc1cc(C)c(C(=O)C(=O)N2CCCN(Cc3ccccn3)CC2)c(C)c1. The van der Waals surface area contributed by atoms with Gasteiger partial charge in [0.2, 0.25) is 0 Å². The Bertz CT molecular complexity index is 810. The molecular formula is C22H27N3O2. The zero-order valence-electron chi connectivity index (χ0n) is 16.4. The van der Waals surface area contributed by atoms with E-state index in [9.17, 15) is 9.59 Å². The van der Waals surface area contributed by atoms with Gasteiger partial charge >= 0.3 is 0 Å². The predicted octanol–water partition coefficient (Wildman–Crippen LogP) is 2.92. The first-order valence-corrected chi connectivity index (χ1v) is 9.49. The standard InChI is InChI=1S/C22H27N3O2/c1-16-13-17(2)20(18(3)14-16)21(26)22(27)25-10-6-9-24(11-12-25)15-19-7-4-5-8-23-19/h4-5,7-8,13-14H,6,9-12,15H2,1-3H3. The van der Waals surface area contributed by atoms with E-state index in [4.69, 9.17) is 0 Å². The second-order valence-electron chi connectivity index (χ2n) is 7.35. The Balaban J connectivity index is 1.66. The number of carbonyl (C=O) groups excluding carboxylic acids is 2. The van der Waals surface area contributed by atoms with E-state index in [-0.39, 0.29) is 11.7 Å². The van der Waals surface area contributed by atoms with Crippen molar-refractivity contribution in [3.8, 4) is 0 Å². The molecule has 0 spiro atoms. The molecule has 1 aliphatic heterocycles. The summed E-state index contributed by atoms with van der Waals surface area (Å²) in [6.07, 6.45) is 2.66. The minimum Gasteiger partial charge on any atom is -0.334 e. The van der Waals surface area contributed by atoms with Crippen LogP contribution in [0, 0.1) is 20.8 Å². The molecule has 0 bridgehead atoms. The number of pyridine rings is 1. The van der Waals surface area contributed by atoms with E-state index in [2.05, 4.69) is 9.88 Å². The average molecular weight is 365 g/mol. The number of hydrogen-bond acceptors (Lipinski definition) is 4. The Hall–Kier alpha value is -2.53. The number of benzene rings is 1. The molecule has 1 fully saturated rings. The summed E-state index contributed by atoms with van der Waals surface area (Å²) >= 11 is 0. The minimum absolute atomic E-state index is 0.385. The molecular weight excluding hydrogens is 338 g/mol. The van der Waals surface area contributed by atoms with E-state index in [1.165, 1.54) is 0 Å². The molecule has 0 radical (unpaired) electrons. The van der Waals surface area contributed by atoms with Gasteiger partial charge in [-0.25, -0.2) is 0 Å². The summed E-state index contributed by atoms with van der Waals surface area (Å²) in [5.41, 5.74) is 4.43. The molecule has 5 nitrogen and oxygen atoms in total. The molecule has 0 N–H and O–H groups in total. The van der Waals surface area contributed by atoms with Crippen molar-refractivity contribution in [3.05, 3.63) is 64.5 Å². The fourth-order valence-corrected chi connectivity index (χ4v) is 3.84. The minimum atomic E-state index is -0.386. The van der Waals surface area contributed by atoms with Crippen molar-refractivity contribution in [2.75, 3.05) is 26.2 Å². The summed E-state index contributed by atoms with van der Waals surface area (Å²) < 4.78 is 0. The van der Waals surface area contributed by atoms with Crippen LogP contribution in [0.5, 0.6) is 0 Å². The monoisotopic (exact) mass is 365 g/mol. The molecule has 1 aromatic carbocycles. The van der Waals surface area contributed by atoms with Gasteiger partial charge in [-0.15, -0.1) is 0 Å². The maximum atomic E-state index is 12.9. The van der Waals surface area contributed by atoms with Gasteiger partial charge in [-0.2, -0.15) is 0 Å². The Kier molecular flexibility index (Phi) is 6.01. The van der Waals surface area contributed by atoms with Crippen molar-refractivity contribution in [1.29, 1.82) is 0 Å². The number of hydrogen-bond donors (Lipinski definition) is 0. The largest absolute Gasteiger partial charge is 0.334 e. The van der Waals surface area contributed by atoms with E-state index in [0.717, 1.165) is 48.4 Å². The van der Waals surface area contributed by atoms with Gasteiger partial charge in [-0.05, 0) is 50.5 Å². The number of carbonyl (C=O) groups is 2. The Labute approximate surface area is 161 Å². The highest BCUT2D eigenvalue weighted by atomic mass is 16.2. The summed E-state index contributed by atoms with van der Waals surface area (Å²) in [5, 5.41) is 0. The summed E-state index contributed by atoms with van der Waals surface area (Å²) in [4.78, 5) is 34.1. The summed E-state index contributed by atoms with van der Waals surface area (Å²) in [5.74, 6) is -0.770. The molecule has 0 unspecified atom stereocenters. The van der Waals surface area contributed by atoms with Crippen LogP contribution in [0.2, 0.25) is 0 Å². The molecule has 5 heteroatoms. The Morgan fingerprint density at radius 3 is 2.41 bits per heavy atom. The second kappa shape index (κ2) is 8.44. The first kappa shape index (κ1) is 19.2. The zero-order chi connectivity index (χ0) is 19.4. The van der Waals surface area contributed by atoms with Gasteiger partial charge in [-0.3, -0.25) is 19.5 Å². The van der Waals surface area contributed by atoms with Crippen molar-refractivity contribution in [3.63, 3.8) is 0 Å². The maximum Gasteiger partial charge on any atom is 0.295 e. The van der Waals surface area contributed by atoms with Crippen LogP contribution in [-0.4, -0.2) is 52.7 Å². The average Bonchev–Trinajstić information content (AvgIpc) is 2.86. The summed E-state index contributed by atoms with van der Waals surface area (Å²) in [6.45, 7) is 9.41. The lowest BCUT2D eigenvalue weighted by atomic mass is 9.96. The number of ketones is 1. The number of aryl methyl sites for hydroxylation is 3. The van der Waals surface area contributed by atoms with Crippen LogP contribution in [0.1, 0.15) is 39.2 Å². The Morgan fingerprint density at radius 2 is 1.74 bits per heavy atom. The molecule has 1 saturated heterocycles. The Morgan fingerprint density at radius 1 is 1.00 bits per heavy atom. The molecule has 0 aliphatic carbocycles. The fourth-order valence-electron chi connectivity index (χ4n) is 3.84. The van der Waals surface area contributed by atoms with Crippen LogP contribution >= 0.6 is 0 Å². The third kappa shape index (κ3) is 4.61.